The molecule has 0 radical (unpaired) electrons. The molecule has 0 aromatic rings. The molecule has 188 valence electrons. The van der Waals surface area contributed by atoms with Crippen molar-refractivity contribution in [3.63, 3.8) is 0 Å². The van der Waals surface area contributed by atoms with Crippen LogP contribution in [0.15, 0.2) is 0 Å². The lowest BCUT2D eigenvalue weighted by Crippen LogP contribution is -2.57. The highest BCUT2D eigenvalue weighted by Gasteiger charge is 2.30. The molecule has 4 atom stereocenters. The van der Waals surface area contributed by atoms with E-state index in [1.807, 2.05) is 6.26 Å². The zero-order chi connectivity index (χ0) is 25.6. The van der Waals surface area contributed by atoms with E-state index in [0.717, 1.165) is 0 Å². The van der Waals surface area contributed by atoms with Crippen LogP contribution >= 0.6 is 24.4 Å². The summed E-state index contributed by atoms with van der Waals surface area (Å²) in [6, 6.07) is -4.78. The highest BCUT2D eigenvalue weighted by molar-refractivity contribution is 7.98. The minimum Gasteiger partial charge on any atom is -0.480 e. The second-order valence-electron chi connectivity index (χ2n) is 7.10. The topological polar surface area (TPSA) is 237 Å². The summed E-state index contributed by atoms with van der Waals surface area (Å²) in [6.45, 7) is 0. The third kappa shape index (κ3) is 12.9. The predicted molar refractivity (Wildman–Crippen MR) is 125 cm³/mol. The van der Waals surface area contributed by atoms with Crippen LogP contribution in [0.5, 0.6) is 0 Å². The lowest BCUT2D eigenvalue weighted by Gasteiger charge is -2.24. The quantitative estimate of drug-likeness (QED) is 0.0937. The first kappa shape index (κ1) is 30.5. The minimum absolute atomic E-state index is 0.118. The SMILES string of the molecule is CSCCC(N)C(=O)NC(CS)C(=O)NC(CCC(N)=O)C(=O)NC(CCC(N)=O)C(=O)O. The summed E-state index contributed by atoms with van der Waals surface area (Å²) in [6.07, 6.45) is 1.18. The molecule has 0 aromatic carbocycles. The first-order chi connectivity index (χ1) is 15.4. The predicted octanol–water partition coefficient (Wildman–Crippen LogP) is -2.93. The molecule has 33 heavy (non-hydrogen) atoms. The summed E-state index contributed by atoms with van der Waals surface area (Å²) < 4.78 is 0. The van der Waals surface area contributed by atoms with Crippen molar-refractivity contribution in [3.05, 3.63) is 0 Å². The Bertz CT molecular complexity index is 724. The van der Waals surface area contributed by atoms with Gasteiger partial charge in [-0.3, -0.25) is 24.0 Å². The molecule has 15 heteroatoms. The van der Waals surface area contributed by atoms with Gasteiger partial charge in [0.25, 0.3) is 0 Å². The maximum atomic E-state index is 12.6. The number of carboxylic acids is 1. The number of aliphatic carboxylic acids is 1. The van der Waals surface area contributed by atoms with E-state index >= 15 is 0 Å². The zero-order valence-electron chi connectivity index (χ0n) is 18.2. The Morgan fingerprint density at radius 3 is 1.73 bits per heavy atom. The number of hydrogen-bond donors (Lipinski definition) is 8. The van der Waals surface area contributed by atoms with Crippen LogP contribution in [0.2, 0.25) is 0 Å². The van der Waals surface area contributed by atoms with Gasteiger partial charge in [0.2, 0.25) is 29.5 Å². The maximum Gasteiger partial charge on any atom is 0.326 e. The monoisotopic (exact) mass is 508 g/mol. The number of thiol groups is 1. The van der Waals surface area contributed by atoms with Gasteiger partial charge < -0.3 is 38.3 Å². The summed E-state index contributed by atoms with van der Waals surface area (Å²) in [4.78, 5) is 70.9. The number of rotatable bonds is 17. The first-order valence-corrected chi connectivity index (χ1v) is 12.0. The molecular formula is C18H32N6O7S2. The Labute approximate surface area is 201 Å². The molecule has 0 heterocycles. The van der Waals surface area contributed by atoms with Crippen LogP contribution in [-0.2, 0) is 28.8 Å². The van der Waals surface area contributed by atoms with Crippen LogP contribution in [0.3, 0.4) is 0 Å². The van der Waals surface area contributed by atoms with Crippen LogP contribution in [0.25, 0.3) is 0 Å². The first-order valence-electron chi connectivity index (χ1n) is 9.98. The summed E-state index contributed by atoms with van der Waals surface area (Å²) in [5, 5.41) is 16.3. The number of carbonyl (C=O) groups is 6. The Balaban J connectivity index is 5.30. The standard InChI is InChI=1S/C18H32N6O7S2/c1-33-7-6-9(19)15(27)24-12(8-32)17(29)22-10(2-4-13(20)25)16(28)23-11(18(30)31)3-5-14(21)26/h9-12,32H,2-8,19H2,1H3,(H2,20,25)(H2,21,26)(H,22,29)(H,23,28)(H,24,27)(H,30,31). The number of nitrogens with two attached hydrogens (primary N) is 3. The largest absolute Gasteiger partial charge is 0.480 e. The third-order valence-corrected chi connectivity index (χ3v) is 5.40. The molecule has 0 saturated heterocycles. The van der Waals surface area contributed by atoms with Crippen molar-refractivity contribution in [2.75, 3.05) is 17.8 Å². The number of hydrogen-bond acceptors (Lipinski definition) is 9. The molecule has 0 bridgehead atoms. The van der Waals surface area contributed by atoms with Crippen molar-refractivity contribution in [3.8, 4) is 0 Å². The number of nitrogens with one attached hydrogen (secondary N) is 3. The molecule has 0 fully saturated rings. The fraction of sp³-hybridized carbons (Fsp3) is 0.667. The molecule has 0 aliphatic rings. The minimum atomic E-state index is -1.45. The van der Waals surface area contributed by atoms with Crippen LogP contribution in [0.4, 0.5) is 0 Å². The van der Waals surface area contributed by atoms with Gasteiger partial charge in [0, 0.05) is 18.6 Å². The number of thioether (sulfide) groups is 1. The Hall–Kier alpha value is -2.52. The van der Waals surface area contributed by atoms with E-state index in [9.17, 15) is 33.9 Å². The van der Waals surface area contributed by atoms with Crippen LogP contribution < -0.4 is 33.2 Å². The molecule has 0 saturated carbocycles. The molecule has 0 spiro atoms. The number of amides is 5. The Morgan fingerprint density at radius 1 is 0.818 bits per heavy atom. The van der Waals surface area contributed by atoms with Gasteiger partial charge in [-0.25, -0.2) is 4.79 Å². The number of carboxylic acid groups (broad SMARTS) is 1. The van der Waals surface area contributed by atoms with E-state index in [1.54, 1.807) is 0 Å². The summed E-state index contributed by atoms with van der Waals surface area (Å²) in [5.74, 6) is -4.67. The van der Waals surface area contributed by atoms with Gasteiger partial charge in [0.1, 0.15) is 18.1 Å². The molecular weight excluding hydrogens is 476 g/mol. The van der Waals surface area contributed by atoms with Crippen molar-refractivity contribution in [1.29, 1.82) is 0 Å². The normalized spacial score (nSPS) is 14.3. The summed E-state index contributed by atoms with van der Waals surface area (Å²) in [5.41, 5.74) is 15.9. The second kappa shape index (κ2) is 16.1. The van der Waals surface area contributed by atoms with Gasteiger partial charge in [-0.2, -0.15) is 24.4 Å². The zero-order valence-corrected chi connectivity index (χ0v) is 20.0. The van der Waals surface area contributed by atoms with E-state index in [0.29, 0.717) is 12.2 Å². The number of primary amides is 2. The van der Waals surface area contributed by atoms with E-state index < -0.39 is 59.7 Å². The van der Waals surface area contributed by atoms with Crippen molar-refractivity contribution < 1.29 is 33.9 Å². The average Bonchev–Trinajstić information content (AvgIpc) is 2.74. The maximum absolute atomic E-state index is 12.6. The summed E-state index contributed by atoms with van der Waals surface area (Å²) >= 11 is 5.55. The van der Waals surface area contributed by atoms with Crippen LogP contribution in [-0.4, -0.2) is 82.5 Å². The van der Waals surface area contributed by atoms with E-state index in [4.69, 9.17) is 17.2 Å². The van der Waals surface area contributed by atoms with Gasteiger partial charge in [-0.1, -0.05) is 0 Å². The van der Waals surface area contributed by atoms with Gasteiger partial charge >= 0.3 is 5.97 Å². The lowest BCUT2D eigenvalue weighted by atomic mass is 10.1. The van der Waals surface area contributed by atoms with E-state index in [1.165, 1.54) is 11.8 Å². The van der Waals surface area contributed by atoms with Crippen molar-refractivity contribution in [2.24, 2.45) is 17.2 Å². The highest BCUT2D eigenvalue weighted by Crippen LogP contribution is 2.04. The molecule has 0 aliphatic carbocycles. The van der Waals surface area contributed by atoms with E-state index in [2.05, 4.69) is 28.6 Å². The highest BCUT2D eigenvalue weighted by atomic mass is 32.2. The summed E-state index contributed by atoms with van der Waals surface area (Å²) in [7, 11) is 0. The second-order valence-corrected chi connectivity index (χ2v) is 8.45. The third-order valence-electron chi connectivity index (χ3n) is 4.39. The lowest BCUT2D eigenvalue weighted by molar-refractivity contribution is -0.142. The van der Waals surface area contributed by atoms with Crippen molar-refractivity contribution in [2.45, 2.75) is 56.3 Å². The Morgan fingerprint density at radius 2 is 1.27 bits per heavy atom. The Kier molecular flexibility index (Phi) is 14.9. The van der Waals surface area contributed by atoms with Gasteiger partial charge in [0.15, 0.2) is 0 Å². The molecule has 13 nitrogen and oxygen atoms in total. The fourth-order valence-corrected chi connectivity index (χ4v) is 3.24. The van der Waals surface area contributed by atoms with Crippen LogP contribution in [0, 0.1) is 0 Å². The number of carbonyl (C=O) groups excluding carboxylic acids is 5. The smallest absolute Gasteiger partial charge is 0.326 e. The molecule has 0 aromatic heterocycles. The fourth-order valence-electron chi connectivity index (χ4n) is 2.49. The van der Waals surface area contributed by atoms with Gasteiger partial charge in [0.05, 0.1) is 6.04 Å². The van der Waals surface area contributed by atoms with Gasteiger partial charge in [-0.15, -0.1) is 0 Å². The van der Waals surface area contributed by atoms with E-state index in [-0.39, 0.29) is 31.4 Å². The molecule has 10 N–H and O–H groups in total. The molecule has 4 unspecified atom stereocenters. The van der Waals surface area contributed by atoms with Gasteiger partial charge in [-0.05, 0) is 31.3 Å². The van der Waals surface area contributed by atoms with Crippen molar-refractivity contribution >= 4 is 59.9 Å². The van der Waals surface area contributed by atoms with Crippen molar-refractivity contribution in [1.82, 2.24) is 16.0 Å². The van der Waals surface area contributed by atoms with Crippen LogP contribution in [0.1, 0.15) is 32.1 Å². The molecule has 0 rings (SSSR count). The average molecular weight is 509 g/mol. The molecule has 0 aliphatic heterocycles. The molecule has 5 amide bonds.